The molecule has 2 fully saturated rings. The molecule has 3 unspecified atom stereocenters. The number of nitrogens with one attached hydrogen (secondary N) is 1. The molecule has 0 aromatic heterocycles. The maximum absolute atomic E-state index is 12.4. The van der Waals surface area contributed by atoms with E-state index in [0.717, 1.165) is 25.7 Å². The fraction of sp³-hybridized carbons (Fsp3) is 0.812. The molecule has 6 heteroatoms. The van der Waals surface area contributed by atoms with Gasteiger partial charge in [0, 0.05) is 25.6 Å². The lowest BCUT2D eigenvalue weighted by Crippen LogP contribution is -2.46. The Bertz CT molecular complexity index is 438. The molecule has 2 N–H and O–H groups in total. The Labute approximate surface area is 131 Å². The molecule has 0 bridgehead atoms. The number of amides is 2. The molecular formula is C16H26N2O4. The zero-order chi connectivity index (χ0) is 16.1. The molecule has 22 heavy (non-hydrogen) atoms. The molecule has 1 heterocycles. The van der Waals surface area contributed by atoms with Gasteiger partial charge in [-0.2, -0.15) is 0 Å². The summed E-state index contributed by atoms with van der Waals surface area (Å²) in [5.74, 6) is -1.84. The molecule has 3 atom stereocenters. The summed E-state index contributed by atoms with van der Waals surface area (Å²) < 4.78 is 0. The van der Waals surface area contributed by atoms with Crippen molar-refractivity contribution in [1.82, 2.24) is 10.2 Å². The zero-order valence-corrected chi connectivity index (χ0v) is 13.2. The van der Waals surface area contributed by atoms with Crippen LogP contribution in [0, 0.1) is 11.8 Å². The van der Waals surface area contributed by atoms with Crippen LogP contribution in [0.4, 0.5) is 0 Å². The van der Waals surface area contributed by atoms with Gasteiger partial charge in [0.25, 0.3) is 0 Å². The number of likely N-dealkylation sites (tertiary alicyclic amines) is 1. The van der Waals surface area contributed by atoms with Crippen molar-refractivity contribution in [2.75, 3.05) is 13.1 Å². The molecule has 2 aliphatic rings. The first-order valence-corrected chi connectivity index (χ1v) is 8.34. The van der Waals surface area contributed by atoms with E-state index in [1.54, 1.807) is 4.90 Å². The average Bonchev–Trinajstić information content (AvgIpc) is 2.82. The number of rotatable bonds is 4. The van der Waals surface area contributed by atoms with Crippen molar-refractivity contribution in [2.24, 2.45) is 11.8 Å². The molecule has 1 saturated carbocycles. The van der Waals surface area contributed by atoms with Gasteiger partial charge in [-0.3, -0.25) is 14.4 Å². The lowest BCUT2D eigenvalue weighted by Gasteiger charge is -2.28. The number of carbonyl (C=O) groups excluding carboxylic acids is 2. The molecule has 2 rings (SSSR count). The van der Waals surface area contributed by atoms with Crippen LogP contribution in [0.25, 0.3) is 0 Å². The number of hydrogen-bond acceptors (Lipinski definition) is 3. The van der Waals surface area contributed by atoms with Crippen LogP contribution in [0.5, 0.6) is 0 Å². The van der Waals surface area contributed by atoms with E-state index in [4.69, 9.17) is 0 Å². The van der Waals surface area contributed by atoms with Gasteiger partial charge in [0.1, 0.15) is 0 Å². The minimum atomic E-state index is -0.829. The summed E-state index contributed by atoms with van der Waals surface area (Å²) in [5, 5.41) is 12.3. The lowest BCUT2D eigenvalue weighted by molar-refractivity contribution is -0.144. The first-order valence-electron chi connectivity index (χ1n) is 8.34. The maximum Gasteiger partial charge on any atom is 0.308 e. The predicted octanol–water partition coefficient (Wildman–Crippen LogP) is 1.39. The Morgan fingerprint density at radius 2 is 1.91 bits per heavy atom. The number of carboxylic acids is 1. The molecule has 124 valence electrons. The van der Waals surface area contributed by atoms with Gasteiger partial charge in [0.05, 0.1) is 11.8 Å². The van der Waals surface area contributed by atoms with Crippen molar-refractivity contribution in [3.8, 4) is 0 Å². The smallest absolute Gasteiger partial charge is 0.308 e. The Kier molecular flexibility index (Phi) is 5.80. The summed E-state index contributed by atoms with van der Waals surface area (Å²) in [4.78, 5) is 37.3. The summed E-state index contributed by atoms with van der Waals surface area (Å²) in [7, 11) is 0. The molecule has 0 radical (unpaired) electrons. The van der Waals surface area contributed by atoms with E-state index in [1.807, 2.05) is 6.92 Å². The summed E-state index contributed by atoms with van der Waals surface area (Å²) in [6, 6.07) is -0.309. The molecule has 1 saturated heterocycles. The van der Waals surface area contributed by atoms with E-state index >= 15 is 0 Å². The highest BCUT2D eigenvalue weighted by atomic mass is 16.4. The summed E-state index contributed by atoms with van der Waals surface area (Å²) in [5.41, 5.74) is 0. The van der Waals surface area contributed by atoms with Crippen molar-refractivity contribution in [2.45, 2.75) is 57.9 Å². The van der Waals surface area contributed by atoms with Crippen LogP contribution in [-0.2, 0) is 14.4 Å². The predicted molar refractivity (Wildman–Crippen MR) is 81.1 cm³/mol. The van der Waals surface area contributed by atoms with Crippen LogP contribution in [0.1, 0.15) is 51.9 Å². The largest absolute Gasteiger partial charge is 0.481 e. The van der Waals surface area contributed by atoms with Crippen molar-refractivity contribution >= 4 is 17.8 Å². The number of nitrogens with zero attached hydrogens (tertiary/aromatic N) is 1. The van der Waals surface area contributed by atoms with Crippen LogP contribution < -0.4 is 5.32 Å². The minimum absolute atomic E-state index is 0.00935. The second-order valence-electron chi connectivity index (χ2n) is 6.38. The topological polar surface area (TPSA) is 86.7 Å². The SMILES string of the molecule is CCN1CC(C(=O)NC2CCCCCCC2C(=O)O)CC1=O. The maximum atomic E-state index is 12.4. The fourth-order valence-electron chi connectivity index (χ4n) is 3.51. The van der Waals surface area contributed by atoms with Crippen LogP contribution in [0.2, 0.25) is 0 Å². The van der Waals surface area contributed by atoms with Crippen LogP contribution in [-0.4, -0.2) is 46.9 Å². The third-order valence-electron chi connectivity index (χ3n) is 4.88. The van der Waals surface area contributed by atoms with Crippen LogP contribution >= 0.6 is 0 Å². The molecule has 6 nitrogen and oxygen atoms in total. The van der Waals surface area contributed by atoms with Gasteiger partial charge >= 0.3 is 5.97 Å². The van der Waals surface area contributed by atoms with E-state index < -0.39 is 11.9 Å². The van der Waals surface area contributed by atoms with Gasteiger partial charge in [-0.1, -0.05) is 25.7 Å². The number of aliphatic carboxylic acids is 1. The van der Waals surface area contributed by atoms with Gasteiger partial charge in [-0.15, -0.1) is 0 Å². The van der Waals surface area contributed by atoms with Crippen molar-refractivity contribution in [1.29, 1.82) is 0 Å². The Hall–Kier alpha value is -1.59. The molecule has 0 aromatic carbocycles. The van der Waals surface area contributed by atoms with Crippen LogP contribution in [0.15, 0.2) is 0 Å². The van der Waals surface area contributed by atoms with Crippen molar-refractivity contribution in [3.63, 3.8) is 0 Å². The number of hydrogen-bond donors (Lipinski definition) is 2. The van der Waals surface area contributed by atoms with E-state index in [2.05, 4.69) is 5.32 Å². The summed E-state index contributed by atoms with van der Waals surface area (Å²) in [6.07, 6.45) is 5.56. The second-order valence-corrected chi connectivity index (χ2v) is 6.38. The van der Waals surface area contributed by atoms with Gasteiger partial charge in [0.2, 0.25) is 11.8 Å². The van der Waals surface area contributed by atoms with Crippen molar-refractivity contribution in [3.05, 3.63) is 0 Å². The van der Waals surface area contributed by atoms with Gasteiger partial charge in [0.15, 0.2) is 0 Å². The highest BCUT2D eigenvalue weighted by Gasteiger charge is 2.36. The Morgan fingerprint density at radius 1 is 1.23 bits per heavy atom. The van der Waals surface area contributed by atoms with Crippen molar-refractivity contribution < 1.29 is 19.5 Å². The summed E-state index contributed by atoms with van der Waals surface area (Å²) in [6.45, 7) is 2.96. The molecular weight excluding hydrogens is 284 g/mol. The first kappa shape index (κ1) is 16.8. The lowest BCUT2D eigenvalue weighted by atomic mass is 9.86. The molecule has 1 aliphatic heterocycles. The first-order chi connectivity index (χ1) is 10.5. The van der Waals surface area contributed by atoms with E-state index in [-0.39, 0.29) is 30.2 Å². The second kappa shape index (κ2) is 7.61. The molecule has 2 amide bonds. The third kappa shape index (κ3) is 3.99. The number of carbonyl (C=O) groups is 3. The number of carboxylic acid groups (broad SMARTS) is 1. The zero-order valence-electron chi connectivity index (χ0n) is 13.2. The van der Waals surface area contributed by atoms with Gasteiger partial charge in [-0.05, 0) is 19.8 Å². The fourth-order valence-corrected chi connectivity index (χ4v) is 3.51. The average molecular weight is 310 g/mol. The van der Waals surface area contributed by atoms with Crippen LogP contribution in [0.3, 0.4) is 0 Å². The highest BCUT2D eigenvalue weighted by molar-refractivity contribution is 5.89. The molecule has 1 aliphatic carbocycles. The van der Waals surface area contributed by atoms with E-state index in [1.165, 1.54) is 0 Å². The quantitative estimate of drug-likeness (QED) is 0.821. The highest BCUT2D eigenvalue weighted by Crippen LogP contribution is 2.25. The van der Waals surface area contributed by atoms with Gasteiger partial charge < -0.3 is 15.3 Å². The van der Waals surface area contributed by atoms with E-state index in [0.29, 0.717) is 25.9 Å². The minimum Gasteiger partial charge on any atom is -0.481 e. The standard InChI is InChI=1S/C16H26N2O4/c1-2-18-10-11(9-14(18)19)15(20)17-13-8-6-4-3-5-7-12(13)16(21)22/h11-13H,2-10H2,1H3,(H,17,20)(H,21,22). The van der Waals surface area contributed by atoms with Gasteiger partial charge in [-0.25, -0.2) is 0 Å². The Balaban J connectivity index is 1.98. The normalized spacial score (nSPS) is 29.8. The molecule has 0 aromatic rings. The summed E-state index contributed by atoms with van der Waals surface area (Å²) >= 11 is 0. The Morgan fingerprint density at radius 3 is 2.50 bits per heavy atom. The monoisotopic (exact) mass is 310 g/mol. The molecule has 0 spiro atoms. The third-order valence-corrected chi connectivity index (χ3v) is 4.88. The van der Waals surface area contributed by atoms with E-state index in [9.17, 15) is 19.5 Å².